The van der Waals surface area contributed by atoms with Gasteiger partial charge in [-0.05, 0) is 53.9 Å². The van der Waals surface area contributed by atoms with Crippen molar-refractivity contribution in [3.63, 3.8) is 0 Å². The van der Waals surface area contributed by atoms with Gasteiger partial charge in [0.25, 0.3) is 0 Å². The lowest BCUT2D eigenvalue weighted by atomic mass is 10.1. The highest BCUT2D eigenvalue weighted by molar-refractivity contribution is 5.06. The van der Waals surface area contributed by atoms with Crippen LogP contribution in [0, 0.1) is 0 Å². The van der Waals surface area contributed by atoms with Crippen LogP contribution in [-0.4, -0.2) is 17.5 Å². The Morgan fingerprint density at radius 2 is 1.74 bits per heavy atom. The number of hydrogen-bond acceptors (Lipinski definition) is 1. The smallest absolute Gasteiger partial charge is 0.0361 e. The summed E-state index contributed by atoms with van der Waals surface area (Å²) >= 11 is 0. The zero-order chi connectivity index (χ0) is 14.8. The van der Waals surface area contributed by atoms with Crippen molar-refractivity contribution < 1.29 is 0 Å². The van der Waals surface area contributed by atoms with Crippen LogP contribution in [0.5, 0.6) is 0 Å². The highest BCUT2D eigenvalue weighted by Crippen LogP contribution is 2.14. The fourth-order valence-corrected chi connectivity index (χ4v) is 2.08. The zero-order valence-electron chi connectivity index (χ0n) is 13.9. The van der Waals surface area contributed by atoms with Crippen molar-refractivity contribution in [2.24, 2.45) is 0 Å². The topological polar surface area (TPSA) is 3.24 Å². The average Bonchev–Trinajstić information content (AvgIpc) is 2.28. The average molecular weight is 263 g/mol. The van der Waals surface area contributed by atoms with Crippen LogP contribution < -0.4 is 0 Å². The molecule has 0 bridgehead atoms. The van der Waals surface area contributed by atoms with Gasteiger partial charge < -0.3 is 4.90 Å². The summed E-state index contributed by atoms with van der Waals surface area (Å²) in [5.74, 6) is 0. The molecule has 0 radical (unpaired) electrons. The molecule has 0 saturated heterocycles. The SMILES string of the molecule is C=C(CCC)N(C/C=C(/C)CCC=C(C)C)C(C)C. The van der Waals surface area contributed by atoms with E-state index in [1.54, 1.807) is 0 Å². The van der Waals surface area contributed by atoms with Crippen molar-refractivity contribution in [3.8, 4) is 0 Å². The summed E-state index contributed by atoms with van der Waals surface area (Å²) < 4.78 is 0. The molecule has 0 rings (SSSR count). The van der Waals surface area contributed by atoms with E-state index >= 15 is 0 Å². The molecule has 1 heteroatoms. The fraction of sp³-hybridized carbons (Fsp3) is 0.667. The Hall–Kier alpha value is -0.980. The van der Waals surface area contributed by atoms with Crippen LogP contribution in [-0.2, 0) is 0 Å². The predicted molar refractivity (Wildman–Crippen MR) is 88.3 cm³/mol. The Bertz CT molecular complexity index is 317. The predicted octanol–water partition coefficient (Wildman–Crippen LogP) is 5.70. The van der Waals surface area contributed by atoms with Crippen molar-refractivity contribution >= 4 is 0 Å². The van der Waals surface area contributed by atoms with Gasteiger partial charge in [0.05, 0.1) is 0 Å². The molecule has 1 nitrogen and oxygen atoms in total. The molecule has 0 amide bonds. The summed E-state index contributed by atoms with van der Waals surface area (Å²) in [6.45, 7) is 18.5. The van der Waals surface area contributed by atoms with Gasteiger partial charge in [0.2, 0.25) is 0 Å². The van der Waals surface area contributed by atoms with E-state index in [4.69, 9.17) is 0 Å². The molecule has 110 valence electrons. The van der Waals surface area contributed by atoms with Crippen molar-refractivity contribution in [1.29, 1.82) is 0 Å². The van der Waals surface area contributed by atoms with Crippen LogP contribution in [0.1, 0.15) is 67.2 Å². The molecular weight excluding hydrogens is 230 g/mol. The van der Waals surface area contributed by atoms with Crippen molar-refractivity contribution in [2.45, 2.75) is 73.3 Å². The van der Waals surface area contributed by atoms with Gasteiger partial charge in [0.15, 0.2) is 0 Å². The molecule has 0 aromatic heterocycles. The van der Waals surface area contributed by atoms with Gasteiger partial charge in [0, 0.05) is 18.3 Å². The summed E-state index contributed by atoms with van der Waals surface area (Å²) in [6.07, 6.45) is 9.26. The second-order valence-electron chi connectivity index (χ2n) is 5.93. The first kappa shape index (κ1) is 18.0. The van der Waals surface area contributed by atoms with Gasteiger partial charge in [-0.1, -0.05) is 43.2 Å². The molecule has 19 heavy (non-hydrogen) atoms. The fourth-order valence-electron chi connectivity index (χ4n) is 2.08. The maximum absolute atomic E-state index is 4.22. The quantitative estimate of drug-likeness (QED) is 0.482. The number of nitrogens with zero attached hydrogens (tertiary/aromatic N) is 1. The van der Waals surface area contributed by atoms with Gasteiger partial charge in [0.1, 0.15) is 0 Å². The molecule has 0 aliphatic carbocycles. The van der Waals surface area contributed by atoms with Gasteiger partial charge in [-0.2, -0.15) is 0 Å². The second kappa shape index (κ2) is 9.89. The molecule has 0 heterocycles. The molecule has 0 fully saturated rings. The lowest BCUT2D eigenvalue weighted by Crippen LogP contribution is -2.30. The minimum atomic E-state index is 0.529. The summed E-state index contributed by atoms with van der Waals surface area (Å²) in [7, 11) is 0. The van der Waals surface area contributed by atoms with E-state index in [-0.39, 0.29) is 0 Å². The first-order valence-corrected chi connectivity index (χ1v) is 7.61. The summed E-state index contributed by atoms with van der Waals surface area (Å²) in [6, 6.07) is 0.529. The Kier molecular flexibility index (Phi) is 9.38. The standard InChI is InChI=1S/C18H33N/c1-8-10-18(7)19(16(4)5)14-13-17(6)12-9-11-15(2)3/h11,13,16H,7-10,12,14H2,1-6H3/b17-13-. The Labute approximate surface area is 121 Å². The molecule has 0 spiro atoms. The molecule has 0 aliphatic heterocycles. The normalized spacial score (nSPS) is 11.6. The number of rotatable bonds is 9. The Morgan fingerprint density at radius 1 is 1.11 bits per heavy atom. The van der Waals surface area contributed by atoms with Crippen LogP contribution in [0.2, 0.25) is 0 Å². The second-order valence-corrected chi connectivity index (χ2v) is 5.93. The molecule has 0 aliphatic rings. The van der Waals surface area contributed by atoms with E-state index in [9.17, 15) is 0 Å². The zero-order valence-corrected chi connectivity index (χ0v) is 13.9. The first-order chi connectivity index (χ1) is 8.88. The molecule has 0 aromatic carbocycles. The molecule has 0 atom stereocenters. The van der Waals surface area contributed by atoms with Gasteiger partial charge in [-0.3, -0.25) is 0 Å². The van der Waals surface area contributed by atoms with E-state index in [2.05, 4.69) is 65.2 Å². The van der Waals surface area contributed by atoms with Crippen LogP contribution in [0.3, 0.4) is 0 Å². The molecule has 0 aromatic rings. The molecular formula is C18H33N. The molecule has 0 saturated carbocycles. The van der Waals surface area contributed by atoms with E-state index in [1.807, 2.05) is 0 Å². The summed E-state index contributed by atoms with van der Waals surface area (Å²) in [5, 5.41) is 0. The van der Waals surface area contributed by atoms with Crippen LogP contribution in [0.15, 0.2) is 35.6 Å². The van der Waals surface area contributed by atoms with Gasteiger partial charge in [-0.15, -0.1) is 0 Å². The molecule has 0 N–H and O–H groups in total. The van der Waals surface area contributed by atoms with Crippen molar-refractivity contribution in [1.82, 2.24) is 4.90 Å². The Balaban J connectivity index is 4.36. The van der Waals surface area contributed by atoms with Gasteiger partial charge in [-0.25, -0.2) is 0 Å². The third kappa shape index (κ3) is 8.69. The monoisotopic (exact) mass is 263 g/mol. The highest BCUT2D eigenvalue weighted by Gasteiger charge is 2.09. The number of allylic oxidation sites excluding steroid dienone is 4. The first-order valence-electron chi connectivity index (χ1n) is 7.61. The van der Waals surface area contributed by atoms with E-state index in [1.165, 1.54) is 23.3 Å². The van der Waals surface area contributed by atoms with E-state index in [0.29, 0.717) is 6.04 Å². The minimum absolute atomic E-state index is 0.529. The van der Waals surface area contributed by atoms with Crippen LogP contribution in [0.4, 0.5) is 0 Å². The Morgan fingerprint density at radius 3 is 2.21 bits per heavy atom. The maximum Gasteiger partial charge on any atom is 0.0361 e. The lowest BCUT2D eigenvalue weighted by Gasteiger charge is -2.30. The third-order valence-corrected chi connectivity index (χ3v) is 3.30. The maximum atomic E-state index is 4.22. The summed E-state index contributed by atoms with van der Waals surface area (Å²) in [4.78, 5) is 2.41. The number of hydrogen-bond donors (Lipinski definition) is 0. The lowest BCUT2D eigenvalue weighted by molar-refractivity contribution is 0.302. The van der Waals surface area contributed by atoms with Crippen LogP contribution in [0.25, 0.3) is 0 Å². The highest BCUT2D eigenvalue weighted by atomic mass is 15.1. The van der Waals surface area contributed by atoms with E-state index in [0.717, 1.165) is 25.8 Å². The third-order valence-electron chi connectivity index (χ3n) is 3.30. The van der Waals surface area contributed by atoms with Gasteiger partial charge >= 0.3 is 0 Å². The van der Waals surface area contributed by atoms with Crippen molar-refractivity contribution in [2.75, 3.05) is 6.54 Å². The van der Waals surface area contributed by atoms with E-state index < -0.39 is 0 Å². The van der Waals surface area contributed by atoms with Crippen LogP contribution >= 0.6 is 0 Å². The van der Waals surface area contributed by atoms with Crippen molar-refractivity contribution in [3.05, 3.63) is 35.6 Å². The summed E-state index contributed by atoms with van der Waals surface area (Å²) in [5.41, 5.74) is 4.16. The molecule has 0 unspecified atom stereocenters. The minimum Gasteiger partial charge on any atom is -0.369 e. The largest absolute Gasteiger partial charge is 0.369 e.